The Kier molecular flexibility index (Phi) is 4.85. The monoisotopic (exact) mass is 268 g/mol. The second kappa shape index (κ2) is 5.99. The third kappa shape index (κ3) is 4.84. The number of ether oxygens (including phenoxy) is 1. The molecule has 0 saturated carbocycles. The molecule has 0 fully saturated rings. The van der Waals surface area contributed by atoms with Crippen LogP contribution < -0.4 is 4.74 Å². The molecule has 1 aromatic rings. The fourth-order valence-electron chi connectivity index (χ4n) is 2.01. The molecule has 0 atom stereocenters. The molecule has 6 heteroatoms. The Balaban J connectivity index is 2.91. The summed E-state index contributed by atoms with van der Waals surface area (Å²) in [5, 5.41) is 20.5. The van der Waals surface area contributed by atoms with Crippen LogP contribution in [-0.4, -0.2) is 41.2 Å². The number of nitro groups is 1. The lowest BCUT2D eigenvalue weighted by atomic mass is 10.1. The third-order valence-corrected chi connectivity index (χ3v) is 2.57. The zero-order chi connectivity index (χ0) is 14.6. The van der Waals surface area contributed by atoms with Gasteiger partial charge in [-0.3, -0.25) is 15.0 Å². The second-order valence-electron chi connectivity index (χ2n) is 5.24. The zero-order valence-electron chi connectivity index (χ0n) is 11.7. The number of nitro benzene ring substituents is 1. The zero-order valence-corrected chi connectivity index (χ0v) is 11.7. The average Bonchev–Trinajstić information content (AvgIpc) is 2.26. The van der Waals surface area contributed by atoms with Crippen molar-refractivity contribution in [1.82, 2.24) is 4.90 Å². The smallest absolute Gasteiger partial charge is 0.270 e. The van der Waals surface area contributed by atoms with Gasteiger partial charge in [0, 0.05) is 30.8 Å². The van der Waals surface area contributed by atoms with Gasteiger partial charge in [0.2, 0.25) is 0 Å². The van der Waals surface area contributed by atoms with E-state index in [4.69, 9.17) is 4.74 Å². The molecule has 0 spiro atoms. The van der Waals surface area contributed by atoms with Crippen LogP contribution in [0.5, 0.6) is 5.75 Å². The molecular weight excluding hydrogens is 248 g/mol. The lowest BCUT2D eigenvalue weighted by Gasteiger charge is -2.25. The second-order valence-corrected chi connectivity index (χ2v) is 5.24. The Labute approximate surface area is 112 Å². The van der Waals surface area contributed by atoms with Crippen molar-refractivity contribution in [2.45, 2.75) is 26.0 Å². The molecule has 0 aliphatic heterocycles. The van der Waals surface area contributed by atoms with Crippen LogP contribution in [0, 0.1) is 10.1 Å². The van der Waals surface area contributed by atoms with Gasteiger partial charge in [0.1, 0.15) is 5.75 Å². The molecule has 0 aliphatic carbocycles. The first-order chi connectivity index (χ1) is 8.73. The van der Waals surface area contributed by atoms with E-state index in [1.54, 1.807) is 19.9 Å². The molecule has 106 valence electrons. The van der Waals surface area contributed by atoms with Crippen molar-refractivity contribution >= 4 is 5.69 Å². The van der Waals surface area contributed by atoms with E-state index >= 15 is 0 Å². The SMILES string of the molecule is COc1ccc([N+](=O)[O-])cc1CN(C)CC(C)(C)O. The van der Waals surface area contributed by atoms with Crippen molar-refractivity contribution in [2.75, 3.05) is 20.7 Å². The van der Waals surface area contributed by atoms with E-state index in [2.05, 4.69) is 0 Å². The van der Waals surface area contributed by atoms with E-state index in [1.807, 2.05) is 11.9 Å². The van der Waals surface area contributed by atoms with Crippen molar-refractivity contribution < 1.29 is 14.8 Å². The van der Waals surface area contributed by atoms with Gasteiger partial charge in [0.05, 0.1) is 17.6 Å². The highest BCUT2D eigenvalue weighted by Gasteiger charge is 2.18. The summed E-state index contributed by atoms with van der Waals surface area (Å²) in [4.78, 5) is 12.2. The van der Waals surface area contributed by atoms with Gasteiger partial charge in [0.25, 0.3) is 5.69 Å². The minimum Gasteiger partial charge on any atom is -0.496 e. The molecule has 0 saturated heterocycles. The van der Waals surface area contributed by atoms with E-state index in [-0.39, 0.29) is 5.69 Å². The number of aliphatic hydroxyl groups is 1. The fourth-order valence-corrected chi connectivity index (χ4v) is 2.01. The summed E-state index contributed by atoms with van der Waals surface area (Å²) in [6.45, 7) is 4.36. The van der Waals surface area contributed by atoms with Gasteiger partial charge in [-0.05, 0) is 27.0 Å². The van der Waals surface area contributed by atoms with Crippen LogP contribution in [0.4, 0.5) is 5.69 Å². The van der Waals surface area contributed by atoms with E-state index in [1.165, 1.54) is 19.2 Å². The molecule has 1 rings (SSSR count). The van der Waals surface area contributed by atoms with Gasteiger partial charge in [-0.25, -0.2) is 0 Å². The van der Waals surface area contributed by atoms with Gasteiger partial charge in [-0.15, -0.1) is 0 Å². The normalized spacial score (nSPS) is 11.7. The predicted molar refractivity (Wildman–Crippen MR) is 72.3 cm³/mol. The predicted octanol–water partition coefficient (Wildman–Crippen LogP) is 1.81. The lowest BCUT2D eigenvalue weighted by molar-refractivity contribution is -0.384. The van der Waals surface area contributed by atoms with Gasteiger partial charge < -0.3 is 9.84 Å². The van der Waals surface area contributed by atoms with E-state index < -0.39 is 10.5 Å². The maximum absolute atomic E-state index is 10.8. The number of non-ortho nitro benzene ring substituents is 1. The first-order valence-corrected chi connectivity index (χ1v) is 5.95. The molecule has 0 radical (unpaired) electrons. The summed E-state index contributed by atoms with van der Waals surface area (Å²) >= 11 is 0. The summed E-state index contributed by atoms with van der Waals surface area (Å²) in [7, 11) is 3.37. The minimum atomic E-state index is -0.817. The van der Waals surface area contributed by atoms with Crippen LogP contribution >= 0.6 is 0 Å². The highest BCUT2D eigenvalue weighted by molar-refractivity contribution is 5.43. The summed E-state index contributed by atoms with van der Waals surface area (Å²) in [5.41, 5.74) is -0.0567. The summed E-state index contributed by atoms with van der Waals surface area (Å²) in [6.07, 6.45) is 0. The fraction of sp³-hybridized carbons (Fsp3) is 0.538. The maximum Gasteiger partial charge on any atom is 0.270 e. The van der Waals surface area contributed by atoms with Crippen LogP contribution in [0.2, 0.25) is 0 Å². The van der Waals surface area contributed by atoms with Crippen LogP contribution in [-0.2, 0) is 6.54 Å². The largest absolute Gasteiger partial charge is 0.496 e. The molecule has 0 unspecified atom stereocenters. The Bertz CT molecular complexity index is 454. The number of benzene rings is 1. The molecule has 0 aromatic heterocycles. The number of nitrogens with zero attached hydrogens (tertiary/aromatic N) is 2. The molecule has 0 amide bonds. The third-order valence-electron chi connectivity index (χ3n) is 2.57. The Hall–Kier alpha value is -1.66. The van der Waals surface area contributed by atoms with Gasteiger partial charge >= 0.3 is 0 Å². The van der Waals surface area contributed by atoms with Gasteiger partial charge in [-0.1, -0.05) is 0 Å². The Morgan fingerprint density at radius 2 is 2.11 bits per heavy atom. The van der Waals surface area contributed by atoms with Crippen molar-refractivity contribution in [1.29, 1.82) is 0 Å². The molecule has 6 nitrogen and oxygen atoms in total. The molecule has 1 N–H and O–H groups in total. The minimum absolute atomic E-state index is 0.0347. The van der Waals surface area contributed by atoms with E-state index in [0.29, 0.717) is 18.8 Å². The standard InChI is InChI=1S/C13H20N2O4/c1-13(2,16)9-14(3)8-10-7-11(15(17)18)5-6-12(10)19-4/h5-7,16H,8-9H2,1-4H3. The lowest BCUT2D eigenvalue weighted by Crippen LogP contribution is -2.35. The van der Waals surface area contributed by atoms with Crippen LogP contribution in [0.15, 0.2) is 18.2 Å². The number of hydrogen-bond donors (Lipinski definition) is 1. The Morgan fingerprint density at radius 3 is 2.58 bits per heavy atom. The highest BCUT2D eigenvalue weighted by Crippen LogP contribution is 2.25. The number of likely N-dealkylation sites (N-methyl/N-ethyl adjacent to an activating group) is 1. The first kappa shape index (κ1) is 15.4. The number of hydrogen-bond acceptors (Lipinski definition) is 5. The maximum atomic E-state index is 10.8. The Morgan fingerprint density at radius 1 is 1.47 bits per heavy atom. The van der Waals surface area contributed by atoms with Crippen molar-refractivity contribution in [3.8, 4) is 5.75 Å². The van der Waals surface area contributed by atoms with Gasteiger partial charge in [-0.2, -0.15) is 0 Å². The molecular formula is C13H20N2O4. The van der Waals surface area contributed by atoms with Crippen molar-refractivity contribution in [3.05, 3.63) is 33.9 Å². The number of methoxy groups -OCH3 is 1. The molecule has 0 aliphatic rings. The van der Waals surface area contributed by atoms with Crippen LogP contribution in [0.25, 0.3) is 0 Å². The quantitative estimate of drug-likeness (QED) is 0.629. The average molecular weight is 268 g/mol. The van der Waals surface area contributed by atoms with Crippen molar-refractivity contribution in [2.24, 2.45) is 0 Å². The molecule has 19 heavy (non-hydrogen) atoms. The van der Waals surface area contributed by atoms with Crippen LogP contribution in [0.1, 0.15) is 19.4 Å². The highest BCUT2D eigenvalue weighted by atomic mass is 16.6. The summed E-state index contributed by atoms with van der Waals surface area (Å²) in [5.74, 6) is 0.605. The molecule has 0 heterocycles. The topological polar surface area (TPSA) is 75.8 Å². The summed E-state index contributed by atoms with van der Waals surface area (Å²) in [6, 6.07) is 4.50. The van der Waals surface area contributed by atoms with Crippen LogP contribution in [0.3, 0.4) is 0 Å². The van der Waals surface area contributed by atoms with E-state index in [9.17, 15) is 15.2 Å². The molecule has 1 aromatic carbocycles. The van der Waals surface area contributed by atoms with E-state index in [0.717, 1.165) is 5.56 Å². The van der Waals surface area contributed by atoms with Crippen molar-refractivity contribution in [3.63, 3.8) is 0 Å². The summed E-state index contributed by atoms with van der Waals surface area (Å²) < 4.78 is 5.20. The van der Waals surface area contributed by atoms with Gasteiger partial charge in [0.15, 0.2) is 0 Å². The molecule has 0 bridgehead atoms. The number of rotatable bonds is 6. The first-order valence-electron chi connectivity index (χ1n) is 5.95.